The van der Waals surface area contributed by atoms with E-state index < -0.39 is 0 Å². The Morgan fingerprint density at radius 3 is 1.82 bits per heavy atom. The molecule has 1 N–H and O–H groups in total. The highest BCUT2D eigenvalue weighted by Crippen LogP contribution is 1.66. The standard InChI is InChI=1S/C5H8N2.2C2H6/c1-2-4-7-5-3-6;2*1-2/h2-6H,1H3;2*1-2H3/b4-2-,6-3?,7-5?;;. The summed E-state index contributed by atoms with van der Waals surface area (Å²) in [4.78, 5) is 3.66. The van der Waals surface area contributed by atoms with Gasteiger partial charge in [-0.1, -0.05) is 33.8 Å². The van der Waals surface area contributed by atoms with Crippen molar-refractivity contribution in [2.45, 2.75) is 34.6 Å². The summed E-state index contributed by atoms with van der Waals surface area (Å²) in [6.07, 6.45) is 5.99. The molecule has 0 spiro atoms. The van der Waals surface area contributed by atoms with E-state index in [0.29, 0.717) is 0 Å². The second kappa shape index (κ2) is 35.6. The van der Waals surface area contributed by atoms with Crippen molar-refractivity contribution in [1.82, 2.24) is 0 Å². The summed E-state index contributed by atoms with van der Waals surface area (Å²) in [5.41, 5.74) is 0. The van der Waals surface area contributed by atoms with E-state index in [1.54, 1.807) is 12.3 Å². The van der Waals surface area contributed by atoms with Crippen molar-refractivity contribution in [3.63, 3.8) is 0 Å². The summed E-state index contributed by atoms with van der Waals surface area (Å²) < 4.78 is 0. The van der Waals surface area contributed by atoms with Crippen LogP contribution in [0, 0.1) is 5.41 Å². The number of nitrogens with zero attached hydrogens (tertiary/aromatic N) is 1. The smallest absolute Gasteiger partial charge is 0.0443 e. The Kier molecular flexibility index (Phi) is 53.7. The Morgan fingerprint density at radius 1 is 1.09 bits per heavy atom. The SMILES string of the molecule is C/C=C\N=CC=N.CC.CC. The lowest BCUT2D eigenvalue weighted by atomic mass is 10.7. The molecule has 0 aromatic heterocycles. The molecule has 0 saturated carbocycles. The molecule has 2 heteroatoms. The van der Waals surface area contributed by atoms with Gasteiger partial charge in [-0.15, -0.1) is 0 Å². The summed E-state index contributed by atoms with van der Waals surface area (Å²) in [6, 6.07) is 0. The van der Waals surface area contributed by atoms with E-state index in [-0.39, 0.29) is 0 Å². The molecule has 0 atom stereocenters. The third-order valence-electron chi connectivity index (χ3n) is 0.396. The summed E-state index contributed by atoms with van der Waals surface area (Å²) in [7, 11) is 0. The molecule has 2 nitrogen and oxygen atoms in total. The average molecular weight is 156 g/mol. The number of hydrogen-bond acceptors (Lipinski definition) is 2. The van der Waals surface area contributed by atoms with Gasteiger partial charge in [0.1, 0.15) is 0 Å². The van der Waals surface area contributed by atoms with Gasteiger partial charge in [-0.3, -0.25) is 4.99 Å². The van der Waals surface area contributed by atoms with Crippen molar-refractivity contribution in [3.8, 4) is 0 Å². The van der Waals surface area contributed by atoms with Crippen molar-refractivity contribution in [2.24, 2.45) is 4.99 Å². The minimum absolute atomic E-state index is 1.14. The number of nitrogens with one attached hydrogen (secondary N) is 1. The topological polar surface area (TPSA) is 36.2 Å². The normalized spacial score (nSPS) is 8.09. The molecular weight excluding hydrogens is 136 g/mol. The second-order valence-electron chi connectivity index (χ2n) is 0.947. The molecule has 0 saturated heterocycles. The summed E-state index contributed by atoms with van der Waals surface area (Å²) in [5, 5.41) is 6.47. The first-order chi connectivity index (χ1) is 5.41. The van der Waals surface area contributed by atoms with Gasteiger partial charge in [-0.25, -0.2) is 0 Å². The van der Waals surface area contributed by atoms with Gasteiger partial charge >= 0.3 is 0 Å². The summed E-state index contributed by atoms with van der Waals surface area (Å²) in [6.45, 7) is 9.88. The van der Waals surface area contributed by atoms with Crippen LogP contribution < -0.4 is 0 Å². The highest BCUT2D eigenvalue weighted by atomic mass is 14.7. The number of hydrogen-bond donors (Lipinski definition) is 1. The number of rotatable bonds is 2. The minimum Gasteiger partial charge on any atom is -0.307 e. The molecule has 0 radical (unpaired) electrons. The Bertz CT molecular complexity index is 93.7. The molecule has 0 heterocycles. The van der Waals surface area contributed by atoms with E-state index in [1.165, 1.54) is 6.21 Å². The summed E-state index contributed by atoms with van der Waals surface area (Å²) in [5.74, 6) is 0. The molecule has 0 aliphatic carbocycles. The molecule has 0 aliphatic heterocycles. The van der Waals surface area contributed by atoms with Gasteiger partial charge in [0.05, 0.1) is 0 Å². The molecule has 0 unspecified atom stereocenters. The molecule has 0 rings (SSSR count). The van der Waals surface area contributed by atoms with Crippen molar-refractivity contribution >= 4 is 12.4 Å². The maximum Gasteiger partial charge on any atom is 0.0443 e. The van der Waals surface area contributed by atoms with Gasteiger partial charge in [0.2, 0.25) is 0 Å². The third-order valence-corrected chi connectivity index (χ3v) is 0.396. The van der Waals surface area contributed by atoms with Gasteiger partial charge in [-0.05, 0) is 6.92 Å². The maximum atomic E-state index is 6.47. The lowest BCUT2D eigenvalue weighted by molar-refractivity contribution is 1.50. The zero-order valence-electron chi connectivity index (χ0n) is 8.26. The Morgan fingerprint density at radius 2 is 1.55 bits per heavy atom. The van der Waals surface area contributed by atoms with Crippen LogP contribution in [0.5, 0.6) is 0 Å². The Balaban J connectivity index is -0.000000138. The van der Waals surface area contributed by atoms with Crippen molar-refractivity contribution in [3.05, 3.63) is 12.3 Å². The first-order valence-corrected chi connectivity index (χ1v) is 4.05. The highest BCUT2D eigenvalue weighted by molar-refractivity contribution is 6.14. The van der Waals surface area contributed by atoms with Gasteiger partial charge in [-0.2, -0.15) is 0 Å². The van der Waals surface area contributed by atoms with Crippen LogP contribution in [0.4, 0.5) is 0 Å². The molecule has 66 valence electrons. The average Bonchev–Trinajstić information content (AvgIpc) is 2.13. The Hall–Kier alpha value is -0.920. The fourth-order valence-corrected chi connectivity index (χ4v) is 0.179. The van der Waals surface area contributed by atoms with Crippen LogP contribution in [0.2, 0.25) is 0 Å². The fraction of sp³-hybridized carbons (Fsp3) is 0.556. The summed E-state index contributed by atoms with van der Waals surface area (Å²) >= 11 is 0. The van der Waals surface area contributed by atoms with Gasteiger partial charge in [0, 0.05) is 18.6 Å². The monoisotopic (exact) mass is 156 g/mol. The second-order valence-corrected chi connectivity index (χ2v) is 0.947. The zero-order valence-corrected chi connectivity index (χ0v) is 8.26. The molecule has 0 aliphatic rings. The van der Waals surface area contributed by atoms with E-state index >= 15 is 0 Å². The largest absolute Gasteiger partial charge is 0.307 e. The van der Waals surface area contributed by atoms with Crippen LogP contribution in [0.3, 0.4) is 0 Å². The van der Waals surface area contributed by atoms with E-state index in [2.05, 4.69) is 4.99 Å². The minimum atomic E-state index is 1.14. The molecule has 11 heavy (non-hydrogen) atoms. The van der Waals surface area contributed by atoms with Crippen molar-refractivity contribution in [1.29, 1.82) is 5.41 Å². The molecule has 0 fully saturated rings. The van der Waals surface area contributed by atoms with Crippen molar-refractivity contribution < 1.29 is 0 Å². The van der Waals surface area contributed by atoms with Crippen LogP contribution in [0.1, 0.15) is 34.6 Å². The lowest BCUT2D eigenvalue weighted by Gasteiger charge is -1.65. The number of aliphatic imine (C=N–C) groups is 1. The van der Waals surface area contributed by atoms with Gasteiger partial charge < -0.3 is 5.41 Å². The number of allylic oxidation sites excluding steroid dienone is 1. The quantitative estimate of drug-likeness (QED) is 0.596. The van der Waals surface area contributed by atoms with Crippen molar-refractivity contribution in [2.75, 3.05) is 0 Å². The molecule has 0 aromatic carbocycles. The lowest BCUT2D eigenvalue weighted by Crippen LogP contribution is -1.65. The molecular formula is C9H20N2. The first-order valence-electron chi connectivity index (χ1n) is 4.05. The molecule has 0 aromatic rings. The van der Waals surface area contributed by atoms with E-state index in [9.17, 15) is 0 Å². The van der Waals surface area contributed by atoms with Crippen LogP contribution >= 0.6 is 0 Å². The third kappa shape index (κ3) is 48.0. The van der Waals surface area contributed by atoms with Crippen LogP contribution in [0.15, 0.2) is 17.3 Å². The van der Waals surface area contributed by atoms with Gasteiger partial charge in [0.15, 0.2) is 0 Å². The molecule has 0 bridgehead atoms. The van der Waals surface area contributed by atoms with Crippen LogP contribution in [-0.2, 0) is 0 Å². The van der Waals surface area contributed by atoms with E-state index in [0.717, 1.165) is 6.21 Å². The van der Waals surface area contributed by atoms with E-state index in [1.807, 2.05) is 34.6 Å². The predicted molar refractivity (Wildman–Crippen MR) is 54.8 cm³/mol. The molecule has 0 amide bonds. The van der Waals surface area contributed by atoms with E-state index in [4.69, 9.17) is 5.41 Å². The highest BCUT2D eigenvalue weighted by Gasteiger charge is 1.53. The van der Waals surface area contributed by atoms with Crippen LogP contribution in [-0.4, -0.2) is 12.4 Å². The Labute approximate surface area is 70.6 Å². The zero-order chi connectivity index (χ0) is 9.54. The first kappa shape index (κ1) is 16.6. The maximum absolute atomic E-state index is 6.47. The van der Waals surface area contributed by atoms with Crippen LogP contribution in [0.25, 0.3) is 0 Å². The fourth-order valence-electron chi connectivity index (χ4n) is 0.179. The predicted octanol–water partition coefficient (Wildman–Crippen LogP) is 3.29. The van der Waals surface area contributed by atoms with Gasteiger partial charge in [0.25, 0.3) is 0 Å².